The van der Waals surface area contributed by atoms with Gasteiger partial charge in [0.15, 0.2) is 5.76 Å². The molecule has 0 spiro atoms. The first-order chi connectivity index (χ1) is 11.2. The van der Waals surface area contributed by atoms with E-state index < -0.39 is 0 Å². The molecule has 5 heteroatoms. The molecule has 23 heavy (non-hydrogen) atoms. The van der Waals surface area contributed by atoms with Gasteiger partial charge in [0.2, 0.25) is 0 Å². The van der Waals surface area contributed by atoms with Gasteiger partial charge in [0.05, 0.1) is 6.54 Å². The third kappa shape index (κ3) is 3.38. The molecule has 122 valence electrons. The molecule has 1 aliphatic carbocycles. The first kappa shape index (κ1) is 15.6. The van der Waals surface area contributed by atoms with Crippen LogP contribution in [-0.2, 0) is 6.54 Å². The highest BCUT2D eigenvalue weighted by molar-refractivity contribution is 5.91. The molecule has 0 N–H and O–H groups in total. The summed E-state index contributed by atoms with van der Waals surface area (Å²) >= 11 is 0. The molecule has 0 radical (unpaired) electrons. The summed E-state index contributed by atoms with van der Waals surface area (Å²) in [4.78, 5) is 26.3. The molecule has 1 saturated carbocycles. The van der Waals surface area contributed by atoms with Gasteiger partial charge in [0.1, 0.15) is 5.76 Å². The van der Waals surface area contributed by atoms with Crippen LogP contribution in [0.1, 0.15) is 48.9 Å². The smallest absolute Gasteiger partial charge is 0.289 e. The van der Waals surface area contributed by atoms with Crippen molar-refractivity contribution in [2.75, 3.05) is 6.54 Å². The van der Waals surface area contributed by atoms with Gasteiger partial charge in [-0.15, -0.1) is 0 Å². The van der Waals surface area contributed by atoms with E-state index in [2.05, 4.69) is 0 Å². The molecule has 0 aliphatic heterocycles. The van der Waals surface area contributed by atoms with E-state index in [1.54, 1.807) is 35.0 Å². The molecule has 1 fully saturated rings. The lowest BCUT2D eigenvalue weighted by molar-refractivity contribution is 0.0659. The molecule has 0 saturated heterocycles. The van der Waals surface area contributed by atoms with Crippen LogP contribution in [0.3, 0.4) is 0 Å². The summed E-state index contributed by atoms with van der Waals surface area (Å²) in [7, 11) is 0. The fourth-order valence-electron chi connectivity index (χ4n) is 3.26. The summed E-state index contributed by atoms with van der Waals surface area (Å²) in [6, 6.07) is 8.83. The Balaban J connectivity index is 1.74. The molecule has 2 heterocycles. The van der Waals surface area contributed by atoms with Crippen LogP contribution in [-0.4, -0.2) is 28.0 Å². The maximum atomic E-state index is 12.7. The largest absolute Gasteiger partial charge is 0.454 e. The quantitative estimate of drug-likeness (QED) is 0.852. The molecule has 0 unspecified atom stereocenters. The lowest BCUT2D eigenvalue weighted by Crippen LogP contribution is -2.38. The fraction of sp³-hybridized carbons (Fsp3) is 0.444. The van der Waals surface area contributed by atoms with Gasteiger partial charge in [-0.1, -0.05) is 18.9 Å². The zero-order valence-electron chi connectivity index (χ0n) is 13.4. The van der Waals surface area contributed by atoms with E-state index in [1.807, 2.05) is 11.8 Å². The Hall–Kier alpha value is -2.30. The summed E-state index contributed by atoms with van der Waals surface area (Å²) in [6.07, 6.45) is 6.24. The number of pyridine rings is 1. The average molecular weight is 314 g/mol. The maximum Gasteiger partial charge on any atom is 0.289 e. The lowest BCUT2D eigenvalue weighted by atomic mass is 10.2. The van der Waals surface area contributed by atoms with Crippen molar-refractivity contribution in [2.45, 2.75) is 45.2 Å². The Morgan fingerprint density at radius 1 is 1.26 bits per heavy atom. The third-order valence-corrected chi connectivity index (χ3v) is 4.46. The molecule has 0 aromatic carbocycles. The van der Waals surface area contributed by atoms with Crippen molar-refractivity contribution >= 4 is 5.91 Å². The van der Waals surface area contributed by atoms with Gasteiger partial charge in [-0.05, 0) is 38.0 Å². The van der Waals surface area contributed by atoms with Crippen molar-refractivity contribution in [2.24, 2.45) is 0 Å². The molecule has 1 amide bonds. The van der Waals surface area contributed by atoms with E-state index in [1.165, 1.54) is 18.9 Å². The van der Waals surface area contributed by atoms with Gasteiger partial charge in [-0.2, -0.15) is 0 Å². The average Bonchev–Trinajstić information content (AvgIpc) is 3.22. The van der Waals surface area contributed by atoms with Crippen LogP contribution in [0.25, 0.3) is 0 Å². The van der Waals surface area contributed by atoms with Crippen molar-refractivity contribution in [3.05, 3.63) is 58.4 Å². The van der Waals surface area contributed by atoms with Crippen LogP contribution in [0.2, 0.25) is 0 Å². The number of carbonyl (C=O) groups is 1. The van der Waals surface area contributed by atoms with Crippen LogP contribution in [0, 0.1) is 0 Å². The van der Waals surface area contributed by atoms with Crippen LogP contribution < -0.4 is 5.56 Å². The predicted molar refractivity (Wildman–Crippen MR) is 87.5 cm³/mol. The van der Waals surface area contributed by atoms with E-state index >= 15 is 0 Å². The minimum absolute atomic E-state index is 0.0499. The molecule has 2 aromatic heterocycles. The Morgan fingerprint density at radius 3 is 2.74 bits per heavy atom. The Kier molecular flexibility index (Phi) is 4.65. The van der Waals surface area contributed by atoms with Crippen molar-refractivity contribution in [3.63, 3.8) is 0 Å². The van der Waals surface area contributed by atoms with Crippen LogP contribution >= 0.6 is 0 Å². The first-order valence-electron chi connectivity index (χ1n) is 8.24. The molecule has 5 nitrogen and oxygen atoms in total. The first-order valence-corrected chi connectivity index (χ1v) is 8.24. The highest BCUT2D eigenvalue weighted by Crippen LogP contribution is 2.25. The van der Waals surface area contributed by atoms with Crippen LogP contribution in [0.5, 0.6) is 0 Å². The molecule has 1 aliphatic rings. The zero-order valence-corrected chi connectivity index (χ0v) is 13.4. The number of furan rings is 1. The second-order valence-corrected chi connectivity index (χ2v) is 5.96. The minimum atomic E-state index is -0.0853. The topological polar surface area (TPSA) is 55.5 Å². The lowest BCUT2D eigenvalue weighted by Gasteiger charge is -2.26. The number of hydrogen-bond donors (Lipinski definition) is 0. The standard InChI is InChI=1S/C18H22N2O3/c1-2-20(14-7-3-4-8-14)18(22)16-11-10-15(23-16)13-19-12-6-5-9-17(19)21/h5-6,9-12,14H,2-4,7-8,13H2,1H3. The zero-order chi connectivity index (χ0) is 16.2. The fourth-order valence-corrected chi connectivity index (χ4v) is 3.26. The summed E-state index contributed by atoms with van der Waals surface area (Å²) in [5, 5.41) is 0. The number of aromatic nitrogens is 1. The summed E-state index contributed by atoms with van der Waals surface area (Å²) in [5.74, 6) is 0.924. The predicted octanol–water partition coefficient (Wildman–Crippen LogP) is 2.89. The van der Waals surface area contributed by atoms with Crippen molar-refractivity contribution in [3.8, 4) is 0 Å². The number of nitrogens with zero attached hydrogens (tertiary/aromatic N) is 2. The third-order valence-electron chi connectivity index (χ3n) is 4.46. The maximum absolute atomic E-state index is 12.7. The minimum Gasteiger partial charge on any atom is -0.454 e. The molecule has 3 rings (SSSR count). The number of hydrogen-bond acceptors (Lipinski definition) is 3. The second-order valence-electron chi connectivity index (χ2n) is 5.96. The van der Waals surface area contributed by atoms with Gasteiger partial charge in [0.25, 0.3) is 11.5 Å². The second kappa shape index (κ2) is 6.86. The highest BCUT2D eigenvalue weighted by Gasteiger charge is 2.27. The van der Waals surface area contributed by atoms with E-state index in [-0.39, 0.29) is 11.5 Å². The normalized spacial score (nSPS) is 15.0. The van der Waals surface area contributed by atoms with Crippen LogP contribution in [0.4, 0.5) is 0 Å². The summed E-state index contributed by atoms with van der Waals surface area (Å²) < 4.78 is 7.25. The van der Waals surface area contributed by atoms with Gasteiger partial charge in [0, 0.05) is 24.8 Å². The Labute approximate surface area is 135 Å². The number of rotatable bonds is 5. The van der Waals surface area contributed by atoms with Crippen molar-refractivity contribution < 1.29 is 9.21 Å². The van der Waals surface area contributed by atoms with Gasteiger partial charge >= 0.3 is 0 Å². The molecular formula is C18H22N2O3. The van der Waals surface area contributed by atoms with Crippen LogP contribution in [0.15, 0.2) is 45.7 Å². The SMILES string of the molecule is CCN(C(=O)c1ccc(Cn2ccccc2=O)o1)C1CCCC1. The van der Waals surface area contributed by atoms with E-state index in [0.29, 0.717) is 30.7 Å². The summed E-state index contributed by atoms with van der Waals surface area (Å²) in [5.41, 5.74) is -0.0853. The highest BCUT2D eigenvalue weighted by atomic mass is 16.4. The van der Waals surface area contributed by atoms with E-state index in [9.17, 15) is 9.59 Å². The molecule has 0 bridgehead atoms. The number of carbonyl (C=O) groups excluding carboxylic acids is 1. The van der Waals surface area contributed by atoms with E-state index in [4.69, 9.17) is 4.42 Å². The monoisotopic (exact) mass is 314 g/mol. The Morgan fingerprint density at radius 2 is 2.04 bits per heavy atom. The van der Waals surface area contributed by atoms with Gasteiger partial charge in [-0.3, -0.25) is 9.59 Å². The van der Waals surface area contributed by atoms with Crippen molar-refractivity contribution in [1.29, 1.82) is 0 Å². The van der Waals surface area contributed by atoms with Gasteiger partial charge < -0.3 is 13.9 Å². The Bertz CT molecular complexity index is 726. The molecular weight excluding hydrogens is 292 g/mol. The number of amides is 1. The van der Waals surface area contributed by atoms with E-state index in [0.717, 1.165) is 12.8 Å². The molecule has 2 aromatic rings. The summed E-state index contributed by atoms with van der Waals surface area (Å²) in [6.45, 7) is 3.03. The van der Waals surface area contributed by atoms with Gasteiger partial charge in [-0.25, -0.2) is 0 Å². The van der Waals surface area contributed by atoms with Crippen molar-refractivity contribution in [1.82, 2.24) is 9.47 Å². The molecule has 0 atom stereocenters.